The Hall–Kier alpha value is -1.27. The number of alkyl halides is 3. The van der Waals surface area contributed by atoms with Crippen molar-refractivity contribution in [2.24, 2.45) is 5.73 Å². The molecule has 1 saturated heterocycles. The van der Waals surface area contributed by atoms with E-state index in [9.17, 15) is 13.2 Å². The molecule has 118 valence electrons. The number of hydrogen-bond donors (Lipinski definition) is 1. The molecule has 0 saturated carbocycles. The third-order valence-corrected chi connectivity index (χ3v) is 4.30. The van der Waals surface area contributed by atoms with Gasteiger partial charge in [-0.2, -0.15) is 13.2 Å². The van der Waals surface area contributed by atoms with Crippen LogP contribution in [-0.4, -0.2) is 37.1 Å². The summed E-state index contributed by atoms with van der Waals surface area (Å²) in [6.07, 6.45) is -4.35. The predicted molar refractivity (Wildman–Crippen MR) is 78.3 cm³/mol. The Morgan fingerprint density at radius 1 is 1.24 bits per heavy atom. The number of nitrogens with two attached hydrogens (primary N) is 1. The van der Waals surface area contributed by atoms with E-state index in [1.807, 2.05) is 0 Å². The number of halogens is 3. The van der Waals surface area contributed by atoms with Crippen molar-refractivity contribution < 1.29 is 13.2 Å². The normalized spacial score (nSPS) is 19.9. The van der Waals surface area contributed by atoms with Gasteiger partial charge in [0.15, 0.2) is 0 Å². The minimum Gasteiger partial charge on any atom is -0.368 e. The first-order chi connectivity index (χ1) is 9.65. The Morgan fingerprint density at radius 3 is 2.43 bits per heavy atom. The molecule has 2 rings (SSSR count). The summed E-state index contributed by atoms with van der Waals surface area (Å²) in [6.45, 7) is 6.61. The molecule has 0 spiro atoms. The molecule has 3 nitrogen and oxygen atoms in total. The molecule has 0 atom stereocenters. The van der Waals surface area contributed by atoms with Crippen LogP contribution >= 0.6 is 0 Å². The number of anilines is 1. The molecule has 2 N–H and O–H groups in total. The third-order valence-electron chi connectivity index (χ3n) is 4.30. The van der Waals surface area contributed by atoms with Crippen molar-refractivity contribution >= 4 is 5.69 Å². The third kappa shape index (κ3) is 3.32. The maximum atomic E-state index is 12.9. The highest BCUT2D eigenvalue weighted by molar-refractivity contribution is 5.52. The van der Waals surface area contributed by atoms with Crippen LogP contribution in [0.1, 0.15) is 25.0 Å². The van der Waals surface area contributed by atoms with Gasteiger partial charge in [-0.15, -0.1) is 0 Å². The lowest BCUT2D eigenvalue weighted by Crippen LogP contribution is -2.57. The van der Waals surface area contributed by atoms with Gasteiger partial charge in [-0.3, -0.25) is 4.90 Å². The molecular weight excluding hydrogens is 279 g/mol. The molecule has 0 amide bonds. The molecule has 21 heavy (non-hydrogen) atoms. The van der Waals surface area contributed by atoms with Gasteiger partial charge >= 0.3 is 6.18 Å². The van der Waals surface area contributed by atoms with Crippen LogP contribution in [0.4, 0.5) is 18.9 Å². The van der Waals surface area contributed by atoms with Crippen molar-refractivity contribution in [3.8, 4) is 0 Å². The lowest BCUT2D eigenvalue weighted by atomic mass is 9.98. The largest absolute Gasteiger partial charge is 0.416 e. The van der Waals surface area contributed by atoms with Gasteiger partial charge in [0.2, 0.25) is 0 Å². The second kappa shape index (κ2) is 5.50. The van der Waals surface area contributed by atoms with Gasteiger partial charge in [-0.25, -0.2) is 0 Å². The van der Waals surface area contributed by atoms with E-state index in [1.165, 1.54) is 0 Å². The first-order valence-electron chi connectivity index (χ1n) is 7.01. The number of nitrogens with zero attached hydrogens (tertiary/aromatic N) is 2. The van der Waals surface area contributed by atoms with Crippen LogP contribution in [0.5, 0.6) is 0 Å². The number of hydrogen-bond acceptors (Lipinski definition) is 3. The van der Waals surface area contributed by atoms with Gasteiger partial charge in [-0.1, -0.05) is 0 Å². The second-order valence-electron chi connectivity index (χ2n) is 6.20. The van der Waals surface area contributed by atoms with Gasteiger partial charge in [0.05, 0.1) is 5.56 Å². The standard InChI is InChI=1S/C15H22F3N3/c1-14(2)10-21(7-6-20(14)3)12-4-5-13(15(16,17)18)11(8-12)9-19/h4-5,8H,6-7,9-10,19H2,1-3H3. The summed E-state index contributed by atoms with van der Waals surface area (Å²) in [7, 11) is 2.06. The average molecular weight is 301 g/mol. The van der Waals surface area contributed by atoms with Crippen molar-refractivity contribution in [3.05, 3.63) is 29.3 Å². The molecule has 1 aromatic carbocycles. The van der Waals surface area contributed by atoms with E-state index in [1.54, 1.807) is 12.1 Å². The summed E-state index contributed by atoms with van der Waals surface area (Å²) >= 11 is 0. The molecule has 6 heteroatoms. The zero-order valence-electron chi connectivity index (χ0n) is 12.7. The van der Waals surface area contributed by atoms with Crippen LogP contribution in [0.2, 0.25) is 0 Å². The number of rotatable bonds is 2. The topological polar surface area (TPSA) is 32.5 Å². The summed E-state index contributed by atoms with van der Waals surface area (Å²) in [5.41, 5.74) is 5.81. The monoisotopic (exact) mass is 301 g/mol. The zero-order chi connectivity index (χ0) is 15.8. The second-order valence-corrected chi connectivity index (χ2v) is 6.20. The SMILES string of the molecule is CN1CCN(c2ccc(C(F)(F)F)c(CN)c2)CC1(C)C. The highest BCUT2D eigenvalue weighted by Crippen LogP contribution is 2.34. The first kappa shape index (κ1) is 16.1. The Morgan fingerprint density at radius 2 is 1.90 bits per heavy atom. The molecule has 0 aliphatic carbocycles. The number of benzene rings is 1. The zero-order valence-corrected chi connectivity index (χ0v) is 12.7. The smallest absolute Gasteiger partial charge is 0.368 e. The van der Waals surface area contributed by atoms with Crippen LogP contribution in [0, 0.1) is 0 Å². The summed E-state index contributed by atoms with van der Waals surface area (Å²) < 4.78 is 38.7. The first-order valence-corrected chi connectivity index (χ1v) is 7.01. The van der Waals surface area contributed by atoms with Gasteiger partial charge in [-0.05, 0) is 44.7 Å². The van der Waals surface area contributed by atoms with Gasteiger partial charge in [0, 0.05) is 37.4 Å². The van der Waals surface area contributed by atoms with Crippen molar-refractivity contribution in [1.29, 1.82) is 0 Å². The van der Waals surface area contributed by atoms with Gasteiger partial charge < -0.3 is 10.6 Å². The van der Waals surface area contributed by atoms with E-state index in [4.69, 9.17) is 5.73 Å². The highest BCUT2D eigenvalue weighted by Gasteiger charge is 2.34. The molecule has 0 aromatic heterocycles. The highest BCUT2D eigenvalue weighted by atomic mass is 19.4. The lowest BCUT2D eigenvalue weighted by molar-refractivity contribution is -0.138. The molecule has 1 aliphatic heterocycles. The van der Waals surface area contributed by atoms with Crippen LogP contribution in [0.15, 0.2) is 18.2 Å². The Bertz CT molecular complexity index is 511. The van der Waals surface area contributed by atoms with E-state index >= 15 is 0 Å². The van der Waals surface area contributed by atoms with E-state index in [2.05, 4.69) is 30.7 Å². The number of piperazine rings is 1. The summed E-state index contributed by atoms with van der Waals surface area (Å²) in [5, 5.41) is 0. The van der Waals surface area contributed by atoms with Crippen LogP contribution in [-0.2, 0) is 12.7 Å². The fourth-order valence-electron chi connectivity index (χ4n) is 2.68. The molecular formula is C15H22F3N3. The summed E-state index contributed by atoms with van der Waals surface area (Å²) in [4.78, 5) is 4.39. The van der Waals surface area contributed by atoms with Crippen LogP contribution in [0.3, 0.4) is 0 Å². The van der Waals surface area contributed by atoms with Crippen LogP contribution < -0.4 is 10.6 Å². The average Bonchev–Trinajstić information content (AvgIpc) is 2.40. The minimum atomic E-state index is -4.35. The Labute approximate surface area is 123 Å². The van der Waals surface area contributed by atoms with E-state index in [-0.39, 0.29) is 17.6 Å². The van der Waals surface area contributed by atoms with Crippen molar-refractivity contribution in [2.45, 2.75) is 32.1 Å². The van der Waals surface area contributed by atoms with Crippen molar-refractivity contribution in [2.75, 3.05) is 31.6 Å². The molecule has 0 unspecified atom stereocenters. The summed E-state index contributed by atoms with van der Waals surface area (Å²) in [6, 6.07) is 4.26. The fraction of sp³-hybridized carbons (Fsp3) is 0.600. The van der Waals surface area contributed by atoms with Crippen molar-refractivity contribution in [3.63, 3.8) is 0 Å². The predicted octanol–water partition coefficient (Wildman–Crippen LogP) is 2.69. The lowest BCUT2D eigenvalue weighted by Gasteiger charge is -2.46. The molecule has 1 heterocycles. The maximum absolute atomic E-state index is 12.9. The maximum Gasteiger partial charge on any atom is 0.416 e. The molecule has 1 aliphatic rings. The van der Waals surface area contributed by atoms with E-state index in [0.29, 0.717) is 0 Å². The molecule has 0 bridgehead atoms. The van der Waals surface area contributed by atoms with Crippen molar-refractivity contribution in [1.82, 2.24) is 4.90 Å². The fourth-order valence-corrected chi connectivity index (χ4v) is 2.68. The quantitative estimate of drug-likeness (QED) is 0.911. The Kier molecular flexibility index (Phi) is 4.22. The number of likely N-dealkylation sites (N-methyl/N-ethyl adjacent to an activating group) is 1. The molecule has 1 aromatic rings. The molecule has 0 radical (unpaired) electrons. The minimum absolute atomic E-state index is 0.0101. The van der Waals surface area contributed by atoms with E-state index < -0.39 is 11.7 Å². The van der Waals surface area contributed by atoms with Gasteiger partial charge in [0.1, 0.15) is 0 Å². The van der Waals surface area contributed by atoms with E-state index in [0.717, 1.165) is 31.4 Å². The summed E-state index contributed by atoms with van der Waals surface area (Å²) in [5.74, 6) is 0. The Balaban J connectivity index is 2.30. The van der Waals surface area contributed by atoms with Crippen LogP contribution in [0.25, 0.3) is 0 Å². The van der Waals surface area contributed by atoms with Gasteiger partial charge in [0.25, 0.3) is 0 Å². The molecule has 1 fully saturated rings.